The van der Waals surface area contributed by atoms with E-state index in [1.54, 1.807) is 23.6 Å². The van der Waals surface area contributed by atoms with Crippen molar-refractivity contribution in [2.45, 2.75) is 25.3 Å². The lowest BCUT2D eigenvalue weighted by Gasteiger charge is -2.36. The van der Waals surface area contributed by atoms with E-state index in [-0.39, 0.29) is 17.5 Å². The first-order valence-corrected chi connectivity index (χ1v) is 8.18. The highest BCUT2D eigenvalue weighted by Crippen LogP contribution is 2.48. The van der Waals surface area contributed by atoms with Crippen LogP contribution in [0.3, 0.4) is 0 Å². The molecule has 2 aromatic heterocycles. The van der Waals surface area contributed by atoms with E-state index in [0.717, 1.165) is 13.0 Å². The number of nitrogens with one attached hydrogen (secondary N) is 1. The average molecular weight is 300 g/mol. The second kappa shape index (κ2) is 4.84. The minimum atomic E-state index is -0.225. The van der Waals surface area contributed by atoms with Gasteiger partial charge in [-0.2, -0.15) is 0 Å². The fourth-order valence-corrected chi connectivity index (χ4v) is 4.15. The maximum absolute atomic E-state index is 12.8. The van der Waals surface area contributed by atoms with Crippen LogP contribution in [0.2, 0.25) is 0 Å². The van der Waals surface area contributed by atoms with Crippen molar-refractivity contribution in [1.82, 2.24) is 9.88 Å². The number of aromatic amines is 1. The number of carbonyl (C=O) groups excluding carboxylic acids is 1. The number of amides is 1. The lowest BCUT2D eigenvalue weighted by molar-refractivity contribution is 0.0637. The van der Waals surface area contributed by atoms with Crippen molar-refractivity contribution in [1.29, 1.82) is 0 Å². The Bertz CT molecular complexity index is 744. The van der Waals surface area contributed by atoms with Gasteiger partial charge in [0.1, 0.15) is 0 Å². The molecular weight excluding hydrogens is 284 g/mol. The molecule has 2 aliphatic rings. The molecule has 4 nitrogen and oxygen atoms in total. The van der Waals surface area contributed by atoms with Gasteiger partial charge in [0, 0.05) is 29.2 Å². The summed E-state index contributed by atoms with van der Waals surface area (Å²) in [5, 5.41) is 2.13. The van der Waals surface area contributed by atoms with Crippen LogP contribution in [-0.2, 0) is 6.42 Å². The van der Waals surface area contributed by atoms with Crippen LogP contribution in [0.15, 0.2) is 34.6 Å². The molecule has 1 atom stereocenters. The molecule has 2 aromatic rings. The van der Waals surface area contributed by atoms with Crippen LogP contribution in [0.5, 0.6) is 0 Å². The molecule has 0 spiro atoms. The van der Waals surface area contributed by atoms with Gasteiger partial charge in [-0.25, -0.2) is 0 Å². The lowest BCUT2D eigenvalue weighted by atomic mass is 9.95. The first kappa shape index (κ1) is 12.8. The SMILES string of the molecule is O=C(c1cc[nH]c(=O)c1)N1CCc2sccc2C1C1CC1. The normalized spacial score (nSPS) is 21.1. The minimum Gasteiger partial charge on any atom is -0.331 e. The van der Waals surface area contributed by atoms with E-state index in [9.17, 15) is 9.59 Å². The summed E-state index contributed by atoms with van der Waals surface area (Å²) in [6.07, 6.45) is 4.85. The monoisotopic (exact) mass is 300 g/mol. The Morgan fingerprint density at radius 1 is 1.33 bits per heavy atom. The van der Waals surface area contributed by atoms with Crippen LogP contribution in [-0.4, -0.2) is 22.3 Å². The average Bonchev–Trinajstić information content (AvgIpc) is 3.22. The van der Waals surface area contributed by atoms with E-state index in [1.165, 1.54) is 29.3 Å². The van der Waals surface area contributed by atoms with Crippen molar-refractivity contribution in [2.75, 3.05) is 6.54 Å². The fraction of sp³-hybridized carbons (Fsp3) is 0.375. The van der Waals surface area contributed by atoms with Crippen LogP contribution in [0.4, 0.5) is 0 Å². The third-order valence-corrected chi connectivity index (χ3v) is 5.36. The Hall–Kier alpha value is -1.88. The molecular formula is C16H16N2O2S. The highest BCUT2D eigenvalue weighted by Gasteiger charge is 2.42. The standard InChI is InChI=1S/C16H16N2O2S/c19-14-9-11(3-6-17-14)16(20)18-7-4-13-12(5-8-21-13)15(18)10-1-2-10/h3,5-6,8-10,15H,1-2,4,7H2,(H,17,19). The number of thiophene rings is 1. The number of rotatable bonds is 2. The molecule has 1 amide bonds. The maximum atomic E-state index is 12.8. The molecule has 0 radical (unpaired) electrons. The number of H-pyrrole nitrogens is 1. The molecule has 0 aromatic carbocycles. The van der Waals surface area contributed by atoms with E-state index in [4.69, 9.17) is 0 Å². The van der Waals surface area contributed by atoms with E-state index in [1.807, 2.05) is 4.90 Å². The Morgan fingerprint density at radius 2 is 2.19 bits per heavy atom. The van der Waals surface area contributed by atoms with Gasteiger partial charge >= 0.3 is 0 Å². The third kappa shape index (κ3) is 2.21. The van der Waals surface area contributed by atoms with Crippen molar-refractivity contribution in [3.05, 3.63) is 56.1 Å². The summed E-state index contributed by atoms with van der Waals surface area (Å²) in [7, 11) is 0. The Labute approximate surface area is 126 Å². The second-order valence-corrected chi connectivity index (χ2v) is 6.77. The van der Waals surface area contributed by atoms with Gasteiger partial charge in [0.25, 0.3) is 5.91 Å². The molecule has 1 aliphatic heterocycles. The van der Waals surface area contributed by atoms with Gasteiger partial charge in [-0.3, -0.25) is 9.59 Å². The van der Waals surface area contributed by atoms with Crippen molar-refractivity contribution in [3.63, 3.8) is 0 Å². The summed E-state index contributed by atoms with van der Waals surface area (Å²) in [4.78, 5) is 30.2. The van der Waals surface area contributed by atoms with Crippen molar-refractivity contribution >= 4 is 17.2 Å². The summed E-state index contributed by atoms with van der Waals surface area (Å²) < 4.78 is 0. The summed E-state index contributed by atoms with van der Waals surface area (Å²) >= 11 is 1.79. The van der Waals surface area contributed by atoms with Crippen molar-refractivity contribution < 1.29 is 4.79 Å². The van der Waals surface area contributed by atoms with Crippen LogP contribution >= 0.6 is 11.3 Å². The zero-order chi connectivity index (χ0) is 14.4. The third-order valence-electron chi connectivity index (χ3n) is 4.37. The Morgan fingerprint density at radius 3 is 2.95 bits per heavy atom. The van der Waals surface area contributed by atoms with Gasteiger partial charge in [0.05, 0.1) is 6.04 Å². The molecule has 1 fully saturated rings. The topological polar surface area (TPSA) is 53.2 Å². The largest absolute Gasteiger partial charge is 0.331 e. The molecule has 108 valence electrons. The number of fused-ring (bicyclic) bond motifs is 1. The number of aromatic nitrogens is 1. The number of hydrogen-bond acceptors (Lipinski definition) is 3. The van der Waals surface area contributed by atoms with Crippen molar-refractivity contribution in [2.24, 2.45) is 5.92 Å². The molecule has 1 saturated carbocycles. The van der Waals surface area contributed by atoms with E-state index >= 15 is 0 Å². The molecule has 1 N–H and O–H groups in total. The highest BCUT2D eigenvalue weighted by molar-refractivity contribution is 7.10. The van der Waals surface area contributed by atoms with Gasteiger partial charge < -0.3 is 9.88 Å². The van der Waals surface area contributed by atoms with Crippen LogP contribution in [0, 0.1) is 5.92 Å². The summed E-state index contributed by atoms with van der Waals surface area (Å²) in [5.41, 5.74) is 1.59. The molecule has 1 aliphatic carbocycles. The summed E-state index contributed by atoms with van der Waals surface area (Å²) in [5.74, 6) is 0.569. The van der Waals surface area contributed by atoms with Gasteiger partial charge in [-0.05, 0) is 48.3 Å². The predicted octanol–water partition coefficient (Wildman–Crippen LogP) is 2.59. The highest BCUT2D eigenvalue weighted by atomic mass is 32.1. The van der Waals surface area contributed by atoms with E-state index < -0.39 is 0 Å². The van der Waals surface area contributed by atoms with Gasteiger partial charge in [-0.1, -0.05) is 0 Å². The summed E-state index contributed by atoms with van der Waals surface area (Å²) in [6, 6.07) is 5.46. The smallest absolute Gasteiger partial charge is 0.254 e. The Balaban J connectivity index is 1.71. The molecule has 3 heterocycles. The first-order chi connectivity index (χ1) is 10.2. The summed E-state index contributed by atoms with van der Waals surface area (Å²) in [6.45, 7) is 0.750. The molecule has 21 heavy (non-hydrogen) atoms. The fourth-order valence-electron chi connectivity index (χ4n) is 3.24. The molecule has 0 bridgehead atoms. The first-order valence-electron chi connectivity index (χ1n) is 7.30. The van der Waals surface area contributed by atoms with Gasteiger partial charge in [0.2, 0.25) is 5.56 Å². The number of nitrogens with zero attached hydrogens (tertiary/aromatic N) is 1. The van der Waals surface area contributed by atoms with Gasteiger partial charge in [0.15, 0.2) is 0 Å². The van der Waals surface area contributed by atoms with Crippen LogP contribution < -0.4 is 5.56 Å². The van der Waals surface area contributed by atoms with Crippen LogP contribution in [0.25, 0.3) is 0 Å². The number of pyridine rings is 1. The van der Waals surface area contributed by atoms with E-state index in [0.29, 0.717) is 11.5 Å². The zero-order valence-corrected chi connectivity index (χ0v) is 12.4. The number of hydrogen-bond donors (Lipinski definition) is 1. The molecule has 5 heteroatoms. The minimum absolute atomic E-state index is 0.0187. The second-order valence-electron chi connectivity index (χ2n) is 5.77. The quantitative estimate of drug-likeness (QED) is 0.927. The van der Waals surface area contributed by atoms with Gasteiger partial charge in [-0.15, -0.1) is 11.3 Å². The van der Waals surface area contributed by atoms with Crippen molar-refractivity contribution in [3.8, 4) is 0 Å². The maximum Gasteiger partial charge on any atom is 0.254 e. The molecule has 0 saturated heterocycles. The van der Waals surface area contributed by atoms with E-state index in [2.05, 4.69) is 16.4 Å². The lowest BCUT2D eigenvalue weighted by Crippen LogP contribution is -2.40. The molecule has 4 rings (SSSR count). The number of carbonyl (C=O) groups is 1. The predicted molar refractivity (Wildman–Crippen MR) is 81.6 cm³/mol. The Kier molecular flexibility index (Phi) is 2.96. The van der Waals surface area contributed by atoms with Crippen LogP contribution in [0.1, 0.15) is 39.7 Å². The zero-order valence-electron chi connectivity index (χ0n) is 11.5. The molecule has 1 unspecified atom stereocenters.